The molecule has 1 saturated heterocycles. The molecule has 1 aliphatic heterocycles. The van der Waals surface area contributed by atoms with Crippen LogP contribution in [0.3, 0.4) is 0 Å². The Labute approximate surface area is 226 Å². The molecule has 0 spiro atoms. The number of amides is 1. The largest absolute Gasteiger partial charge is 0.489 e. The highest BCUT2D eigenvalue weighted by Crippen LogP contribution is 2.31. The van der Waals surface area contributed by atoms with Gasteiger partial charge in [0.05, 0.1) is 10.6 Å². The van der Waals surface area contributed by atoms with Gasteiger partial charge in [-0.25, -0.2) is 9.38 Å². The highest BCUT2D eigenvalue weighted by Gasteiger charge is 2.24. The molecule has 5 rings (SSSR count). The molecule has 7 heteroatoms. The molecule has 0 unspecified atom stereocenters. The molecule has 5 nitrogen and oxygen atoms in total. The van der Waals surface area contributed by atoms with E-state index in [0.717, 1.165) is 46.1 Å². The minimum atomic E-state index is -0.260. The van der Waals surface area contributed by atoms with E-state index in [9.17, 15) is 9.18 Å². The van der Waals surface area contributed by atoms with Gasteiger partial charge in [0.15, 0.2) is 5.17 Å². The van der Waals surface area contributed by atoms with Crippen LogP contribution in [0.2, 0.25) is 0 Å². The summed E-state index contributed by atoms with van der Waals surface area (Å²) in [7, 11) is 0. The quantitative estimate of drug-likeness (QED) is 0.258. The third-order valence-electron chi connectivity index (χ3n) is 6.40. The van der Waals surface area contributed by atoms with Crippen LogP contribution in [0.4, 0.5) is 10.1 Å². The lowest BCUT2D eigenvalue weighted by atomic mass is 10.2. The van der Waals surface area contributed by atoms with Crippen molar-refractivity contribution in [3.63, 3.8) is 0 Å². The van der Waals surface area contributed by atoms with Gasteiger partial charge >= 0.3 is 0 Å². The van der Waals surface area contributed by atoms with E-state index in [1.807, 2.05) is 56.3 Å². The second kappa shape index (κ2) is 11.1. The molecular weight excluding hydrogens is 497 g/mol. The number of nitrogens with one attached hydrogen (secondary N) is 1. The summed E-state index contributed by atoms with van der Waals surface area (Å²) in [5.41, 5.74) is 7.04. The molecule has 1 fully saturated rings. The summed E-state index contributed by atoms with van der Waals surface area (Å²) >= 11 is 1.35. The van der Waals surface area contributed by atoms with Crippen molar-refractivity contribution in [3.8, 4) is 11.4 Å². The highest BCUT2D eigenvalue weighted by molar-refractivity contribution is 8.18. The highest BCUT2D eigenvalue weighted by atomic mass is 32.2. The number of rotatable bonds is 7. The van der Waals surface area contributed by atoms with Crippen molar-refractivity contribution >= 4 is 34.6 Å². The maximum absolute atomic E-state index is 13.1. The molecule has 4 aromatic rings. The summed E-state index contributed by atoms with van der Waals surface area (Å²) in [6, 6.07) is 24.3. The smallest absolute Gasteiger partial charge is 0.264 e. The SMILES string of the molecule is CCc1ccc(N=C2NC(=O)/C(=C/c3cc(C)n(-c4ccc(OCc5ccc(F)cc5)cc4)c3C)S2)cc1. The van der Waals surface area contributed by atoms with Gasteiger partial charge in [0.2, 0.25) is 0 Å². The van der Waals surface area contributed by atoms with Crippen LogP contribution in [0, 0.1) is 19.7 Å². The van der Waals surface area contributed by atoms with Crippen molar-refractivity contribution in [2.24, 2.45) is 4.99 Å². The Morgan fingerprint density at radius 1 is 0.974 bits per heavy atom. The average Bonchev–Trinajstić information content (AvgIpc) is 3.41. The fourth-order valence-corrected chi connectivity index (χ4v) is 5.15. The molecule has 0 aliphatic carbocycles. The number of hydrogen-bond acceptors (Lipinski definition) is 4. The predicted molar refractivity (Wildman–Crippen MR) is 153 cm³/mol. The van der Waals surface area contributed by atoms with Gasteiger partial charge in [-0.2, -0.15) is 0 Å². The Balaban J connectivity index is 1.30. The molecule has 2 heterocycles. The first-order valence-corrected chi connectivity index (χ1v) is 13.3. The Morgan fingerprint density at radius 2 is 1.66 bits per heavy atom. The normalized spacial score (nSPS) is 15.3. The minimum absolute atomic E-state index is 0.147. The summed E-state index contributed by atoms with van der Waals surface area (Å²) in [6.45, 7) is 6.57. The number of aromatic nitrogens is 1. The zero-order chi connectivity index (χ0) is 26.6. The van der Waals surface area contributed by atoms with E-state index in [4.69, 9.17) is 4.74 Å². The summed E-state index contributed by atoms with van der Waals surface area (Å²) < 4.78 is 21.1. The first-order valence-electron chi connectivity index (χ1n) is 12.4. The van der Waals surface area contributed by atoms with Crippen molar-refractivity contribution in [1.82, 2.24) is 9.88 Å². The lowest BCUT2D eigenvalue weighted by Crippen LogP contribution is -2.19. The number of carbonyl (C=O) groups is 1. The van der Waals surface area contributed by atoms with Gasteiger partial charge in [-0.1, -0.05) is 31.2 Å². The van der Waals surface area contributed by atoms with Crippen LogP contribution in [0.25, 0.3) is 11.8 Å². The number of carbonyl (C=O) groups excluding carboxylic acids is 1. The first kappa shape index (κ1) is 25.5. The topological polar surface area (TPSA) is 55.6 Å². The molecule has 0 radical (unpaired) electrons. The molecule has 1 aromatic heterocycles. The molecule has 0 atom stereocenters. The zero-order valence-electron chi connectivity index (χ0n) is 21.5. The van der Waals surface area contributed by atoms with Crippen LogP contribution < -0.4 is 10.1 Å². The predicted octanol–water partition coefficient (Wildman–Crippen LogP) is 7.27. The summed E-state index contributed by atoms with van der Waals surface area (Å²) in [5, 5.41) is 3.45. The molecule has 3 aromatic carbocycles. The Hall–Kier alpha value is -4.10. The van der Waals surface area contributed by atoms with Gasteiger partial charge in [-0.15, -0.1) is 0 Å². The second-order valence-electron chi connectivity index (χ2n) is 9.07. The third-order valence-corrected chi connectivity index (χ3v) is 7.31. The molecular formula is C31H28FN3O2S. The monoisotopic (exact) mass is 525 g/mol. The number of halogens is 1. The lowest BCUT2D eigenvalue weighted by molar-refractivity contribution is -0.115. The van der Waals surface area contributed by atoms with Crippen LogP contribution >= 0.6 is 11.8 Å². The minimum Gasteiger partial charge on any atom is -0.489 e. The number of benzene rings is 3. The summed E-state index contributed by atoms with van der Waals surface area (Å²) in [6.07, 6.45) is 2.89. The number of thioether (sulfide) groups is 1. The lowest BCUT2D eigenvalue weighted by Gasteiger charge is -2.11. The van der Waals surface area contributed by atoms with E-state index in [0.29, 0.717) is 16.7 Å². The number of hydrogen-bond donors (Lipinski definition) is 1. The molecule has 0 bridgehead atoms. The van der Waals surface area contributed by atoms with Crippen LogP contribution in [-0.4, -0.2) is 15.6 Å². The van der Waals surface area contributed by atoms with Gasteiger partial charge in [-0.3, -0.25) is 4.79 Å². The van der Waals surface area contributed by atoms with Crippen LogP contribution in [0.5, 0.6) is 5.75 Å². The van der Waals surface area contributed by atoms with Crippen LogP contribution in [-0.2, 0) is 17.8 Å². The van der Waals surface area contributed by atoms with Crippen molar-refractivity contribution in [3.05, 3.63) is 118 Å². The Kier molecular flexibility index (Phi) is 7.47. The van der Waals surface area contributed by atoms with E-state index < -0.39 is 0 Å². The zero-order valence-corrected chi connectivity index (χ0v) is 22.3. The number of ether oxygens (including phenoxy) is 1. The van der Waals surface area contributed by atoms with E-state index in [1.165, 1.54) is 29.5 Å². The number of aryl methyl sites for hydroxylation is 2. The number of amidine groups is 1. The van der Waals surface area contributed by atoms with E-state index in [2.05, 4.69) is 40.0 Å². The van der Waals surface area contributed by atoms with Crippen molar-refractivity contribution in [1.29, 1.82) is 0 Å². The van der Waals surface area contributed by atoms with Gasteiger partial charge in [0, 0.05) is 17.1 Å². The maximum Gasteiger partial charge on any atom is 0.264 e. The average molecular weight is 526 g/mol. The molecule has 1 amide bonds. The molecule has 1 N–H and O–H groups in total. The second-order valence-corrected chi connectivity index (χ2v) is 10.1. The van der Waals surface area contributed by atoms with E-state index >= 15 is 0 Å². The third kappa shape index (κ3) is 5.73. The maximum atomic E-state index is 13.1. The van der Waals surface area contributed by atoms with Gasteiger partial charge in [0.25, 0.3) is 5.91 Å². The number of aliphatic imine (C=N–C) groups is 1. The number of nitrogens with zero attached hydrogens (tertiary/aromatic N) is 2. The standard InChI is InChI=1S/C31H28FN3O2S/c1-4-22-7-11-26(12-8-22)33-31-34-30(36)29(38-31)18-24-17-20(2)35(21(24)3)27-13-15-28(16-14-27)37-19-23-5-9-25(32)10-6-23/h5-18H,4,19H2,1-3H3,(H,33,34,36)/b29-18-. The Bertz CT molecular complexity index is 1520. The molecule has 38 heavy (non-hydrogen) atoms. The Morgan fingerprint density at radius 3 is 2.34 bits per heavy atom. The molecule has 1 aliphatic rings. The summed E-state index contributed by atoms with van der Waals surface area (Å²) in [4.78, 5) is 17.8. The van der Waals surface area contributed by atoms with Gasteiger partial charge < -0.3 is 14.6 Å². The van der Waals surface area contributed by atoms with Crippen molar-refractivity contribution in [2.45, 2.75) is 33.8 Å². The van der Waals surface area contributed by atoms with E-state index in [1.54, 1.807) is 12.1 Å². The first-order chi connectivity index (χ1) is 18.4. The van der Waals surface area contributed by atoms with Crippen molar-refractivity contribution < 1.29 is 13.9 Å². The van der Waals surface area contributed by atoms with E-state index in [-0.39, 0.29) is 11.7 Å². The fraction of sp³-hybridized carbons (Fsp3) is 0.161. The molecule has 0 saturated carbocycles. The van der Waals surface area contributed by atoms with Gasteiger partial charge in [-0.05, 0) is 109 Å². The van der Waals surface area contributed by atoms with Gasteiger partial charge in [0.1, 0.15) is 18.2 Å². The fourth-order valence-electron chi connectivity index (χ4n) is 4.31. The van der Waals surface area contributed by atoms with Crippen LogP contribution in [0.15, 0.2) is 88.8 Å². The van der Waals surface area contributed by atoms with Crippen LogP contribution in [0.1, 0.15) is 35.0 Å². The summed E-state index contributed by atoms with van der Waals surface area (Å²) in [5.74, 6) is 0.327. The molecule has 192 valence electrons. The van der Waals surface area contributed by atoms with Crippen molar-refractivity contribution in [2.75, 3.05) is 0 Å².